The molecule has 0 aromatic carbocycles. The summed E-state index contributed by atoms with van der Waals surface area (Å²) < 4.78 is 2.09. The summed E-state index contributed by atoms with van der Waals surface area (Å²) in [4.78, 5) is 29.8. The van der Waals surface area contributed by atoms with Gasteiger partial charge in [-0.25, -0.2) is 0 Å². The Labute approximate surface area is 174 Å². The first-order valence-electron chi connectivity index (χ1n) is 9.44. The van der Waals surface area contributed by atoms with Crippen molar-refractivity contribution in [3.8, 4) is 6.07 Å². The molecule has 3 rings (SSSR count). The molecule has 1 aromatic rings. The smallest absolute Gasteiger partial charge is 0.270 e. The lowest BCUT2D eigenvalue weighted by Gasteiger charge is -2.35. The molecule has 0 radical (unpaired) electrons. The van der Waals surface area contributed by atoms with Crippen molar-refractivity contribution in [2.45, 2.75) is 33.6 Å². The average molecular weight is 417 g/mol. The second-order valence-electron chi connectivity index (χ2n) is 7.33. The van der Waals surface area contributed by atoms with Crippen LogP contribution in [0, 0.1) is 24.2 Å². The Morgan fingerprint density at radius 1 is 1.39 bits per heavy atom. The van der Waals surface area contributed by atoms with E-state index in [9.17, 15) is 14.9 Å². The van der Waals surface area contributed by atoms with Crippen molar-refractivity contribution in [2.24, 2.45) is 13.0 Å². The summed E-state index contributed by atoms with van der Waals surface area (Å²) in [5, 5.41) is 9.53. The molecule has 148 valence electrons. The molecular weight excluding hydrogens is 392 g/mol. The van der Waals surface area contributed by atoms with Crippen molar-refractivity contribution >= 4 is 46.1 Å². The number of anilines is 1. The highest BCUT2D eigenvalue weighted by molar-refractivity contribution is 8.26. The van der Waals surface area contributed by atoms with Crippen molar-refractivity contribution in [3.05, 3.63) is 31.9 Å². The van der Waals surface area contributed by atoms with Gasteiger partial charge in [0.1, 0.15) is 21.8 Å². The van der Waals surface area contributed by atoms with E-state index >= 15 is 0 Å². The molecule has 2 aliphatic rings. The maximum atomic E-state index is 12.8. The second kappa shape index (κ2) is 8.10. The summed E-state index contributed by atoms with van der Waals surface area (Å²) in [6.07, 6.45) is 4.01. The Bertz CT molecular complexity index is 974. The first kappa shape index (κ1) is 20.6. The zero-order valence-electron chi connectivity index (χ0n) is 16.6. The number of carbonyl (C=O) groups is 1. The molecule has 2 saturated heterocycles. The Kier molecular flexibility index (Phi) is 5.96. The van der Waals surface area contributed by atoms with Gasteiger partial charge in [0.25, 0.3) is 11.5 Å². The van der Waals surface area contributed by atoms with Crippen LogP contribution in [0.15, 0.2) is 9.70 Å². The Morgan fingerprint density at radius 3 is 2.68 bits per heavy atom. The summed E-state index contributed by atoms with van der Waals surface area (Å²) in [5.74, 6) is 1.17. The molecule has 1 atom stereocenters. The molecule has 1 aromatic heterocycles. The molecule has 0 saturated carbocycles. The van der Waals surface area contributed by atoms with Gasteiger partial charge in [-0.15, -0.1) is 0 Å². The fraction of sp³-hybridized carbons (Fsp3) is 0.500. The molecular formula is C20H24N4O2S2. The van der Waals surface area contributed by atoms with Gasteiger partial charge in [0, 0.05) is 32.2 Å². The molecule has 2 fully saturated rings. The lowest BCUT2D eigenvalue weighted by molar-refractivity contribution is -0.121. The van der Waals surface area contributed by atoms with E-state index in [1.165, 1.54) is 11.8 Å². The van der Waals surface area contributed by atoms with Crippen molar-refractivity contribution in [1.82, 2.24) is 9.47 Å². The maximum Gasteiger partial charge on any atom is 0.270 e. The highest BCUT2D eigenvalue weighted by Gasteiger charge is 2.32. The third kappa shape index (κ3) is 3.49. The number of rotatable bonds is 3. The SMILES string of the molecule is CCN1C(=O)/C(=C/c2c(C)c(C#N)c(=O)n(C)c2N2CCCC(C)C2)SC1=S. The molecule has 1 amide bonds. The molecule has 2 aliphatic heterocycles. The number of piperidine rings is 1. The second-order valence-corrected chi connectivity index (χ2v) is 9.01. The molecule has 0 spiro atoms. The molecule has 8 heteroatoms. The highest BCUT2D eigenvalue weighted by Crippen LogP contribution is 2.36. The summed E-state index contributed by atoms with van der Waals surface area (Å²) in [5.41, 5.74) is 1.19. The van der Waals surface area contributed by atoms with Gasteiger partial charge in [0.05, 0.1) is 4.91 Å². The largest absolute Gasteiger partial charge is 0.357 e. The summed E-state index contributed by atoms with van der Waals surface area (Å²) in [7, 11) is 1.70. The van der Waals surface area contributed by atoms with Crippen molar-refractivity contribution in [1.29, 1.82) is 5.26 Å². The third-order valence-electron chi connectivity index (χ3n) is 5.39. The Balaban J connectivity index is 2.22. The number of nitriles is 1. The van der Waals surface area contributed by atoms with Crippen LogP contribution in [0.5, 0.6) is 0 Å². The van der Waals surface area contributed by atoms with Crippen molar-refractivity contribution < 1.29 is 4.79 Å². The zero-order valence-corrected chi connectivity index (χ0v) is 18.2. The predicted molar refractivity (Wildman–Crippen MR) is 117 cm³/mol. The normalized spacial score (nSPS) is 21.5. The zero-order chi connectivity index (χ0) is 20.6. The predicted octanol–water partition coefficient (Wildman–Crippen LogP) is 3.02. The number of amides is 1. The number of carbonyl (C=O) groups excluding carboxylic acids is 1. The van der Waals surface area contributed by atoms with Crippen molar-refractivity contribution in [3.63, 3.8) is 0 Å². The summed E-state index contributed by atoms with van der Waals surface area (Å²) >= 11 is 6.59. The highest BCUT2D eigenvalue weighted by atomic mass is 32.2. The lowest BCUT2D eigenvalue weighted by Crippen LogP contribution is -2.39. The lowest BCUT2D eigenvalue weighted by atomic mass is 9.98. The standard InChI is InChI=1S/C20H24N4O2S2/c1-5-24-19(26)16(28-20(24)27)9-14-13(3)15(10-21)18(25)22(4)17(14)23-8-6-7-12(2)11-23/h9,12H,5-8,11H2,1-4H3/b16-9-. The van der Waals surface area contributed by atoms with Gasteiger partial charge in [0.2, 0.25) is 0 Å². The first-order valence-corrected chi connectivity index (χ1v) is 10.7. The van der Waals surface area contributed by atoms with Crippen LogP contribution < -0.4 is 10.5 Å². The number of likely N-dealkylation sites (N-methyl/N-ethyl adjacent to an activating group) is 1. The van der Waals surface area contributed by atoms with Crippen LogP contribution in [-0.4, -0.2) is 39.3 Å². The van der Waals surface area contributed by atoms with E-state index in [1.807, 2.05) is 13.0 Å². The van der Waals surface area contributed by atoms with Crippen LogP contribution >= 0.6 is 24.0 Å². The quantitative estimate of drug-likeness (QED) is 0.557. The average Bonchev–Trinajstić information content (AvgIpc) is 2.93. The summed E-state index contributed by atoms with van der Waals surface area (Å²) in [6.45, 7) is 8.08. The fourth-order valence-corrected chi connectivity index (χ4v) is 5.25. The number of thiocarbonyl (C=S) groups is 1. The topological polar surface area (TPSA) is 69.3 Å². The molecule has 6 nitrogen and oxygen atoms in total. The van der Waals surface area contributed by atoms with Crippen LogP contribution in [0.4, 0.5) is 5.82 Å². The summed E-state index contributed by atoms with van der Waals surface area (Å²) in [6, 6.07) is 2.04. The van der Waals surface area contributed by atoms with E-state index in [1.54, 1.807) is 29.5 Å². The Hall–Kier alpha value is -2.11. The molecule has 0 aliphatic carbocycles. The van der Waals surface area contributed by atoms with Gasteiger partial charge in [-0.3, -0.25) is 19.1 Å². The van der Waals surface area contributed by atoms with E-state index in [0.29, 0.717) is 27.3 Å². The van der Waals surface area contributed by atoms with Crippen LogP contribution in [0.3, 0.4) is 0 Å². The van der Waals surface area contributed by atoms with Crippen LogP contribution in [0.2, 0.25) is 0 Å². The molecule has 3 heterocycles. The van der Waals surface area contributed by atoms with E-state index in [4.69, 9.17) is 12.2 Å². The molecule has 28 heavy (non-hydrogen) atoms. The van der Waals surface area contributed by atoms with E-state index in [0.717, 1.165) is 37.3 Å². The molecule has 0 N–H and O–H groups in total. The fourth-order valence-electron chi connectivity index (χ4n) is 3.88. The van der Waals surface area contributed by atoms with Gasteiger partial charge in [-0.1, -0.05) is 30.9 Å². The minimum absolute atomic E-state index is 0.119. The number of thioether (sulfide) groups is 1. The van der Waals surface area contributed by atoms with E-state index in [2.05, 4.69) is 11.8 Å². The van der Waals surface area contributed by atoms with Gasteiger partial charge >= 0.3 is 0 Å². The maximum absolute atomic E-state index is 12.8. The first-order chi connectivity index (χ1) is 13.3. The number of hydrogen-bond acceptors (Lipinski definition) is 6. The minimum atomic E-state index is -0.300. The van der Waals surface area contributed by atoms with Crippen molar-refractivity contribution in [2.75, 3.05) is 24.5 Å². The van der Waals surface area contributed by atoms with Gasteiger partial charge in [0.15, 0.2) is 0 Å². The molecule has 0 bridgehead atoms. The van der Waals surface area contributed by atoms with Crippen LogP contribution in [-0.2, 0) is 11.8 Å². The molecule has 1 unspecified atom stereocenters. The Morgan fingerprint density at radius 2 is 2.11 bits per heavy atom. The van der Waals surface area contributed by atoms with Gasteiger partial charge < -0.3 is 4.90 Å². The minimum Gasteiger partial charge on any atom is -0.357 e. The van der Waals surface area contributed by atoms with Gasteiger partial charge in [-0.2, -0.15) is 5.26 Å². The third-order valence-corrected chi connectivity index (χ3v) is 6.77. The number of pyridine rings is 1. The van der Waals surface area contributed by atoms with Gasteiger partial charge in [-0.05, 0) is 44.2 Å². The number of nitrogens with zero attached hydrogens (tertiary/aromatic N) is 4. The monoisotopic (exact) mass is 416 g/mol. The van der Waals surface area contributed by atoms with E-state index < -0.39 is 0 Å². The number of hydrogen-bond donors (Lipinski definition) is 0. The number of aromatic nitrogens is 1. The van der Waals surface area contributed by atoms with E-state index in [-0.39, 0.29) is 17.0 Å². The van der Waals surface area contributed by atoms with Crippen LogP contribution in [0.25, 0.3) is 6.08 Å². The van der Waals surface area contributed by atoms with Crippen LogP contribution in [0.1, 0.15) is 43.4 Å².